The Morgan fingerprint density at radius 1 is 1.00 bits per heavy atom. The van der Waals surface area contributed by atoms with Gasteiger partial charge in [-0.2, -0.15) is 4.98 Å². The number of rotatable bonds is 11. The largest absolute Gasteiger partial charge is 0.481 e. The van der Waals surface area contributed by atoms with Crippen molar-refractivity contribution in [3.05, 3.63) is 77.2 Å². The Labute approximate surface area is 260 Å². The van der Waals surface area contributed by atoms with Gasteiger partial charge in [0.2, 0.25) is 5.95 Å². The number of aliphatic carboxylic acids is 1. The number of fused-ring (bicyclic) bond motifs is 1. The maximum absolute atomic E-state index is 14.2. The Balaban J connectivity index is 1.30. The molecule has 6 rings (SSSR count). The van der Waals surface area contributed by atoms with Crippen LogP contribution in [0.5, 0.6) is 0 Å². The molecule has 1 aliphatic carbocycles. The number of aromatic nitrogens is 2. The number of nitrogens with one attached hydrogen (secondary N) is 2. The fourth-order valence-corrected chi connectivity index (χ4v) is 7.29. The summed E-state index contributed by atoms with van der Waals surface area (Å²) in [4.78, 5) is 26.5. The van der Waals surface area contributed by atoms with Crippen molar-refractivity contribution in [3.8, 4) is 0 Å². The average molecular weight is 601 g/mol. The Bertz CT molecular complexity index is 1410. The minimum Gasteiger partial charge on any atom is -0.481 e. The molecule has 9 heteroatoms. The lowest BCUT2D eigenvalue weighted by atomic mass is 9.78. The highest BCUT2D eigenvalue weighted by atomic mass is 19.1. The zero-order valence-electron chi connectivity index (χ0n) is 25.7. The highest BCUT2D eigenvalue weighted by Gasteiger charge is 2.31. The molecule has 3 heterocycles. The Morgan fingerprint density at radius 2 is 1.77 bits per heavy atom. The van der Waals surface area contributed by atoms with Gasteiger partial charge in [-0.25, -0.2) is 9.37 Å². The van der Waals surface area contributed by atoms with Gasteiger partial charge in [0.25, 0.3) is 0 Å². The lowest BCUT2D eigenvalue weighted by molar-refractivity contribution is -0.143. The number of benzene rings is 2. The van der Waals surface area contributed by atoms with Crippen molar-refractivity contribution < 1.29 is 14.3 Å². The SMILES string of the molecule is CC[C@@H](Nc1nc2c(c(N[C@@H](CN3CCCC3)c3ccccc3)n1)CN(c1cccc(F)c1)CC2)C1CCC(C(=O)O)CC1. The molecule has 3 N–H and O–H groups in total. The van der Waals surface area contributed by atoms with Gasteiger partial charge < -0.3 is 25.5 Å². The molecule has 3 aliphatic rings. The summed E-state index contributed by atoms with van der Waals surface area (Å²) < 4.78 is 14.2. The lowest BCUT2D eigenvalue weighted by Gasteiger charge is -2.34. The van der Waals surface area contributed by atoms with Crippen LogP contribution < -0.4 is 15.5 Å². The molecule has 3 aromatic rings. The van der Waals surface area contributed by atoms with Crippen molar-refractivity contribution in [1.29, 1.82) is 0 Å². The Kier molecular flexibility index (Phi) is 9.60. The molecule has 2 aliphatic heterocycles. The van der Waals surface area contributed by atoms with Gasteiger partial charge in [0.05, 0.1) is 17.7 Å². The molecule has 234 valence electrons. The van der Waals surface area contributed by atoms with Crippen LogP contribution >= 0.6 is 0 Å². The van der Waals surface area contributed by atoms with Gasteiger partial charge in [0.1, 0.15) is 11.6 Å². The summed E-state index contributed by atoms with van der Waals surface area (Å²) in [5, 5.41) is 17.0. The molecule has 0 unspecified atom stereocenters. The first kappa shape index (κ1) is 30.3. The van der Waals surface area contributed by atoms with E-state index in [1.807, 2.05) is 6.07 Å². The minimum atomic E-state index is -0.674. The molecular weight excluding hydrogens is 555 g/mol. The van der Waals surface area contributed by atoms with Gasteiger partial charge in [-0.15, -0.1) is 0 Å². The summed E-state index contributed by atoms with van der Waals surface area (Å²) in [5.41, 5.74) is 4.17. The van der Waals surface area contributed by atoms with Crippen molar-refractivity contribution >= 4 is 23.4 Å². The molecular formula is C35H45FN6O2. The van der Waals surface area contributed by atoms with Gasteiger partial charge in [0, 0.05) is 43.3 Å². The van der Waals surface area contributed by atoms with Gasteiger partial charge in [-0.1, -0.05) is 43.3 Å². The summed E-state index contributed by atoms with van der Waals surface area (Å²) in [6, 6.07) is 17.6. The van der Waals surface area contributed by atoms with E-state index in [1.165, 1.54) is 24.5 Å². The number of carboxylic acid groups (broad SMARTS) is 1. The zero-order valence-corrected chi connectivity index (χ0v) is 25.7. The van der Waals surface area contributed by atoms with Gasteiger partial charge in [-0.3, -0.25) is 4.79 Å². The van der Waals surface area contributed by atoms with E-state index in [0.717, 1.165) is 87.5 Å². The number of nitrogens with zero attached hydrogens (tertiary/aromatic N) is 4. The molecule has 0 spiro atoms. The van der Waals surface area contributed by atoms with E-state index in [1.54, 1.807) is 12.1 Å². The first-order valence-corrected chi connectivity index (χ1v) is 16.4. The van der Waals surface area contributed by atoms with Crippen molar-refractivity contribution in [2.24, 2.45) is 11.8 Å². The van der Waals surface area contributed by atoms with Gasteiger partial charge >= 0.3 is 5.97 Å². The molecule has 1 saturated heterocycles. The summed E-state index contributed by atoms with van der Waals surface area (Å²) >= 11 is 0. The smallest absolute Gasteiger partial charge is 0.306 e. The van der Waals surface area contributed by atoms with Crippen LogP contribution in [0, 0.1) is 17.7 Å². The fourth-order valence-electron chi connectivity index (χ4n) is 7.29. The van der Waals surface area contributed by atoms with Crippen LogP contribution in [0.1, 0.15) is 74.7 Å². The Hall–Kier alpha value is -3.72. The topological polar surface area (TPSA) is 93.6 Å². The number of carboxylic acids is 1. The van der Waals surface area contributed by atoms with Crippen LogP contribution in [0.4, 0.5) is 21.8 Å². The molecule has 8 nitrogen and oxygen atoms in total. The number of likely N-dealkylation sites (tertiary alicyclic amines) is 1. The molecule has 1 saturated carbocycles. The molecule has 2 fully saturated rings. The van der Waals surface area contributed by atoms with Crippen LogP contribution in [0.15, 0.2) is 54.6 Å². The average Bonchev–Trinajstić information content (AvgIpc) is 3.57. The number of carbonyl (C=O) groups is 1. The molecule has 2 aromatic carbocycles. The molecule has 0 radical (unpaired) electrons. The summed E-state index contributed by atoms with van der Waals surface area (Å²) in [6.07, 6.45) is 7.35. The minimum absolute atomic E-state index is 0.0546. The number of anilines is 3. The second kappa shape index (κ2) is 13.9. The number of hydrogen-bond donors (Lipinski definition) is 3. The predicted molar refractivity (Wildman–Crippen MR) is 172 cm³/mol. The van der Waals surface area contributed by atoms with E-state index < -0.39 is 5.97 Å². The van der Waals surface area contributed by atoms with Crippen LogP contribution in [-0.2, 0) is 17.8 Å². The lowest BCUT2D eigenvalue weighted by Crippen LogP contribution is -2.36. The molecule has 0 bridgehead atoms. The van der Waals surface area contributed by atoms with Crippen LogP contribution in [0.2, 0.25) is 0 Å². The van der Waals surface area contributed by atoms with Gasteiger partial charge in [0.15, 0.2) is 0 Å². The molecule has 1 aromatic heterocycles. The third-order valence-corrected chi connectivity index (χ3v) is 9.83. The van der Waals surface area contributed by atoms with Crippen LogP contribution in [-0.4, -0.2) is 58.2 Å². The van der Waals surface area contributed by atoms with Crippen molar-refractivity contribution in [2.45, 2.75) is 76.9 Å². The van der Waals surface area contributed by atoms with E-state index in [-0.39, 0.29) is 23.8 Å². The highest BCUT2D eigenvalue weighted by Crippen LogP contribution is 2.35. The second-order valence-electron chi connectivity index (χ2n) is 12.7. The summed E-state index contributed by atoms with van der Waals surface area (Å²) in [6.45, 7) is 6.63. The highest BCUT2D eigenvalue weighted by molar-refractivity contribution is 5.70. The van der Waals surface area contributed by atoms with Gasteiger partial charge in [-0.05, 0) is 87.7 Å². The van der Waals surface area contributed by atoms with Crippen LogP contribution in [0.25, 0.3) is 0 Å². The molecule has 2 atom stereocenters. The van der Waals surface area contributed by atoms with E-state index in [0.29, 0.717) is 18.4 Å². The van der Waals surface area contributed by atoms with E-state index in [2.05, 4.69) is 57.7 Å². The first-order valence-electron chi connectivity index (χ1n) is 16.4. The summed E-state index contributed by atoms with van der Waals surface area (Å²) in [5.74, 6) is 0.711. The maximum Gasteiger partial charge on any atom is 0.306 e. The van der Waals surface area contributed by atoms with E-state index in [4.69, 9.17) is 9.97 Å². The van der Waals surface area contributed by atoms with Crippen LogP contribution in [0.3, 0.4) is 0 Å². The fraction of sp³-hybridized carbons (Fsp3) is 0.514. The quantitative estimate of drug-likeness (QED) is 0.229. The number of halogens is 1. The Morgan fingerprint density at radius 3 is 2.48 bits per heavy atom. The van der Waals surface area contributed by atoms with Crippen molar-refractivity contribution in [1.82, 2.24) is 14.9 Å². The molecule has 0 amide bonds. The van der Waals surface area contributed by atoms with Crippen molar-refractivity contribution in [2.75, 3.05) is 41.7 Å². The zero-order chi connectivity index (χ0) is 30.5. The standard InChI is InChI=1S/C35H45FN6O2/c1-2-30(25-13-15-26(16-14-25)34(43)44)38-35-39-31-17-20-42(28-12-8-11-27(36)21-28)22-29(31)33(40-35)37-32(23-41-18-6-7-19-41)24-9-4-3-5-10-24/h3-5,8-12,21,25-26,30,32H,2,6-7,13-20,22-23H2,1H3,(H,43,44)(H2,37,38,39,40)/t25?,26?,30-,32+/m1/s1. The third kappa shape index (κ3) is 7.15. The third-order valence-electron chi connectivity index (χ3n) is 9.83. The molecule has 44 heavy (non-hydrogen) atoms. The summed E-state index contributed by atoms with van der Waals surface area (Å²) in [7, 11) is 0. The maximum atomic E-state index is 14.2. The predicted octanol–water partition coefficient (Wildman–Crippen LogP) is 6.51. The monoisotopic (exact) mass is 600 g/mol. The van der Waals surface area contributed by atoms with E-state index in [9.17, 15) is 14.3 Å². The first-order chi connectivity index (χ1) is 21.5. The second-order valence-corrected chi connectivity index (χ2v) is 12.7. The normalized spacial score (nSPS) is 21.8. The number of hydrogen-bond acceptors (Lipinski definition) is 7. The van der Waals surface area contributed by atoms with E-state index >= 15 is 0 Å². The van der Waals surface area contributed by atoms with Crippen molar-refractivity contribution in [3.63, 3.8) is 0 Å².